The average molecular weight is 489 g/mol. The molecule has 2 atom stereocenters. The summed E-state index contributed by atoms with van der Waals surface area (Å²) >= 11 is 4.53. The summed E-state index contributed by atoms with van der Waals surface area (Å²) in [6.07, 6.45) is 2.34. The number of aromatic nitrogens is 2. The topological polar surface area (TPSA) is 96.6 Å². The summed E-state index contributed by atoms with van der Waals surface area (Å²) in [6, 6.07) is 11.8. The van der Waals surface area contributed by atoms with Crippen molar-refractivity contribution in [3.05, 3.63) is 54.7 Å². The highest BCUT2D eigenvalue weighted by atomic mass is 32.2. The van der Waals surface area contributed by atoms with Crippen LogP contribution in [0.5, 0.6) is 0 Å². The molecular formula is C23H28N4O4S2. The van der Waals surface area contributed by atoms with Crippen molar-refractivity contribution in [2.75, 3.05) is 13.1 Å². The minimum absolute atomic E-state index is 0.166. The Morgan fingerprint density at radius 2 is 2.00 bits per heavy atom. The summed E-state index contributed by atoms with van der Waals surface area (Å²) in [5.41, 5.74) is 0. The van der Waals surface area contributed by atoms with Crippen molar-refractivity contribution in [1.29, 1.82) is 0 Å². The minimum Gasteiger partial charge on any atom is -0.343 e. The third kappa shape index (κ3) is 5.23. The van der Waals surface area contributed by atoms with Crippen molar-refractivity contribution in [1.82, 2.24) is 19.3 Å². The van der Waals surface area contributed by atoms with Crippen molar-refractivity contribution < 1.29 is 17.7 Å². The van der Waals surface area contributed by atoms with E-state index in [9.17, 15) is 13.2 Å². The predicted molar refractivity (Wildman–Crippen MR) is 128 cm³/mol. The average Bonchev–Trinajstić information content (AvgIpc) is 3.45. The Kier molecular flexibility index (Phi) is 7.06. The highest BCUT2D eigenvalue weighted by molar-refractivity contribution is 7.89. The highest BCUT2D eigenvalue weighted by Crippen LogP contribution is 2.31. The van der Waals surface area contributed by atoms with E-state index in [2.05, 4.69) is 36.6 Å². The van der Waals surface area contributed by atoms with Crippen LogP contribution in [-0.2, 0) is 21.4 Å². The van der Waals surface area contributed by atoms with Gasteiger partial charge in [-0.3, -0.25) is 4.79 Å². The SMILES string of the molecule is CC(C)CCN(Cc1ncon1)C(=O)[C@@H]1C[C@@H](S)CN1S(=O)(=O)c1ccc2ccccc2c1. The number of thiol groups is 1. The number of carbonyl (C=O) groups is 1. The lowest BCUT2D eigenvalue weighted by atomic mass is 10.1. The van der Waals surface area contributed by atoms with E-state index in [4.69, 9.17) is 4.52 Å². The van der Waals surface area contributed by atoms with Gasteiger partial charge in [-0.05, 0) is 41.7 Å². The van der Waals surface area contributed by atoms with Crippen LogP contribution in [0, 0.1) is 5.92 Å². The fourth-order valence-corrected chi connectivity index (χ4v) is 6.22. The first-order valence-electron chi connectivity index (χ1n) is 11.0. The molecule has 0 bridgehead atoms. The van der Waals surface area contributed by atoms with E-state index in [0.29, 0.717) is 24.7 Å². The number of nitrogens with zero attached hydrogens (tertiary/aromatic N) is 4. The number of sulfonamides is 1. The zero-order chi connectivity index (χ0) is 23.6. The Balaban J connectivity index is 1.63. The van der Waals surface area contributed by atoms with E-state index >= 15 is 0 Å². The summed E-state index contributed by atoms with van der Waals surface area (Å²) in [5.74, 6) is 0.502. The zero-order valence-electron chi connectivity index (χ0n) is 18.7. The summed E-state index contributed by atoms with van der Waals surface area (Å²) < 4.78 is 33.4. The van der Waals surface area contributed by atoms with Crippen LogP contribution >= 0.6 is 12.6 Å². The van der Waals surface area contributed by atoms with Crippen molar-refractivity contribution in [3.8, 4) is 0 Å². The molecule has 176 valence electrons. The molecule has 1 aromatic heterocycles. The Labute approximate surface area is 199 Å². The van der Waals surface area contributed by atoms with Gasteiger partial charge in [-0.1, -0.05) is 49.3 Å². The van der Waals surface area contributed by atoms with Gasteiger partial charge in [0.15, 0.2) is 5.82 Å². The quantitative estimate of drug-likeness (QED) is 0.489. The number of amides is 1. The van der Waals surface area contributed by atoms with Crippen LogP contribution in [0.2, 0.25) is 0 Å². The molecule has 1 aliphatic rings. The number of hydrogen-bond donors (Lipinski definition) is 1. The second kappa shape index (κ2) is 9.82. The van der Waals surface area contributed by atoms with E-state index in [1.165, 1.54) is 10.7 Å². The van der Waals surface area contributed by atoms with Crippen molar-refractivity contribution in [3.63, 3.8) is 0 Å². The molecule has 2 aromatic carbocycles. The first-order chi connectivity index (χ1) is 15.8. The van der Waals surface area contributed by atoms with Gasteiger partial charge in [0.1, 0.15) is 6.04 Å². The number of benzene rings is 2. The number of rotatable bonds is 8. The standard InChI is InChI=1S/C23H28N4O4S2/c1-16(2)9-10-26(14-22-24-15-31-25-22)23(28)21-12-19(32)13-27(21)33(29,30)20-8-7-17-5-3-4-6-18(17)11-20/h3-8,11,15-16,19,21,32H,9-10,12-14H2,1-2H3/t19-,21+/m1/s1. The molecule has 1 fully saturated rings. The Morgan fingerprint density at radius 3 is 2.70 bits per heavy atom. The molecule has 1 amide bonds. The molecule has 33 heavy (non-hydrogen) atoms. The van der Waals surface area contributed by atoms with Crippen LogP contribution in [0.1, 0.15) is 32.5 Å². The molecule has 0 unspecified atom stereocenters. The molecule has 3 aromatic rings. The Bertz CT molecular complexity index is 1210. The van der Waals surface area contributed by atoms with Crippen LogP contribution in [-0.4, -0.2) is 58.1 Å². The van der Waals surface area contributed by atoms with Crippen LogP contribution in [0.15, 0.2) is 58.3 Å². The largest absolute Gasteiger partial charge is 0.343 e. The first-order valence-corrected chi connectivity index (χ1v) is 12.9. The van der Waals surface area contributed by atoms with Gasteiger partial charge >= 0.3 is 0 Å². The van der Waals surface area contributed by atoms with Gasteiger partial charge in [-0.25, -0.2) is 8.42 Å². The molecule has 0 N–H and O–H groups in total. The van der Waals surface area contributed by atoms with Crippen molar-refractivity contribution >= 4 is 39.3 Å². The van der Waals surface area contributed by atoms with E-state index in [0.717, 1.165) is 17.2 Å². The van der Waals surface area contributed by atoms with Gasteiger partial charge in [-0.15, -0.1) is 0 Å². The van der Waals surface area contributed by atoms with Gasteiger partial charge in [0, 0.05) is 18.3 Å². The maximum atomic E-state index is 13.6. The number of fused-ring (bicyclic) bond motifs is 1. The molecule has 1 saturated heterocycles. The fourth-order valence-electron chi connectivity index (χ4n) is 4.06. The van der Waals surface area contributed by atoms with Crippen LogP contribution in [0.3, 0.4) is 0 Å². The number of carbonyl (C=O) groups excluding carboxylic acids is 1. The second-order valence-corrected chi connectivity index (χ2v) is 11.4. The molecule has 10 heteroatoms. The lowest BCUT2D eigenvalue weighted by Gasteiger charge is -2.29. The molecular weight excluding hydrogens is 460 g/mol. The normalized spacial score (nSPS) is 19.4. The van der Waals surface area contributed by atoms with Gasteiger partial charge < -0.3 is 9.42 Å². The van der Waals surface area contributed by atoms with Gasteiger partial charge in [-0.2, -0.15) is 21.9 Å². The number of hydrogen-bond acceptors (Lipinski definition) is 7. The third-order valence-electron chi connectivity index (χ3n) is 5.87. The zero-order valence-corrected chi connectivity index (χ0v) is 20.4. The van der Waals surface area contributed by atoms with Crippen molar-refractivity contribution in [2.45, 2.75) is 49.4 Å². The van der Waals surface area contributed by atoms with E-state index in [1.54, 1.807) is 23.1 Å². The predicted octanol–water partition coefficient (Wildman–Crippen LogP) is 3.36. The molecule has 1 aliphatic heterocycles. The maximum Gasteiger partial charge on any atom is 0.243 e. The van der Waals surface area contributed by atoms with E-state index < -0.39 is 16.1 Å². The van der Waals surface area contributed by atoms with E-state index in [1.807, 2.05) is 24.3 Å². The highest BCUT2D eigenvalue weighted by Gasteiger charge is 2.44. The first kappa shape index (κ1) is 23.7. The summed E-state index contributed by atoms with van der Waals surface area (Å²) in [4.78, 5) is 19.5. The Morgan fingerprint density at radius 1 is 1.24 bits per heavy atom. The second-order valence-electron chi connectivity index (χ2n) is 8.78. The lowest BCUT2D eigenvalue weighted by Crippen LogP contribution is -2.48. The molecule has 2 heterocycles. The molecule has 0 radical (unpaired) electrons. The monoisotopic (exact) mass is 488 g/mol. The minimum atomic E-state index is -3.90. The van der Waals surface area contributed by atoms with Crippen molar-refractivity contribution in [2.24, 2.45) is 5.92 Å². The molecule has 4 rings (SSSR count). The van der Waals surface area contributed by atoms with Crippen LogP contribution in [0.4, 0.5) is 0 Å². The van der Waals surface area contributed by atoms with Crippen LogP contribution < -0.4 is 0 Å². The maximum absolute atomic E-state index is 13.6. The van der Waals surface area contributed by atoms with Gasteiger partial charge in [0.05, 0.1) is 11.4 Å². The molecule has 0 spiro atoms. The fraction of sp³-hybridized carbons (Fsp3) is 0.435. The molecule has 0 saturated carbocycles. The van der Waals surface area contributed by atoms with Crippen LogP contribution in [0.25, 0.3) is 10.8 Å². The summed E-state index contributed by atoms with van der Waals surface area (Å²) in [6.45, 7) is 4.97. The lowest BCUT2D eigenvalue weighted by molar-refractivity contribution is -0.135. The summed E-state index contributed by atoms with van der Waals surface area (Å²) in [7, 11) is -3.90. The molecule has 8 nitrogen and oxygen atoms in total. The summed E-state index contributed by atoms with van der Waals surface area (Å²) in [5, 5.41) is 5.38. The third-order valence-corrected chi connectivity index (χ3v) is 8.12. The molecule has 0 aliphatic carbocycles. The van der Waals surface area contributed by atoms with E-state index in [-0.39, 0.29) is 29.1 Å². The smallest absolute Gasteiger partial charge is 0.243 e. The Hall–Kier alpha value is -2.43. The van der Waals surface area contributed by atoms with Gasteiger partial charge in [0.25, 0.3) is 0 Å². The van der Waals surface area contributed by atoms with Gasteiger partial charge in [0.2, 0.25) is 22.3 Å².